The summed E-state index contributed by atoms with van der Waals surface area (Å²) in [6.45, 7) is 5.57. The first-order valence-electron chi connectivity index (χ1n) is 15.3. The van der Waals surface area contributed by atoms with Crippen molar-refractivity contribution in [2.75, 3.05) is 25.5 Å². The van der Waals surface area contributed by atoms with Gasteiger partial charge in [-0.25, -0.2) is 18.9 Å². The summed E-state index contributed by atoms with van der Waals surface area (Å²) in [6, 6.07) is 4.09. The lowest BCUT2D eigenvalue weighted by Crippen LogP contribution is -2.54. The SMILES string of the molecule is CC(=O)OCc1ccc(NC(=O)[C@H](CCCNC(N)=O)NC(=O)[C@@H](NC(=O)CCCCC[N+]2(C)C(=O)CCC2=O)C(C)C)cc1. The second-order valence-corrected chi connectivity index (χ2v) is 11.8. The Morgan fingerprint density at radius 1 is 0.911 bits per heavy atom. The molecule has 2 atom stereocenters. The molecular weight excluding hydrogens is 584 g/mol. The van der Waals surface area contributed by atoms with E-state index in [2.05, 4.69) is 21.3 Å². The molecule has 0 bridgehead atoms. The number of primary amides is 1. The fourth-order valence-electron chi connectivity index (χ4n) is 4.91. The maximum absolute atomic E-state index is 13.3. The number of urea groups is 1. The number of rotatable bonds is 18. The number of carbonyl (C=O) groups is 7. The number of nitrogens with one attached hydrogen (secondary N) is 4. The Morgan fingerprint density at radius 3 is 2.13 bits per heavy atom. The number of benzene rings is 1. The highest BCUT2D eigenvalue weighted by molar-refractivity contribution is 5.98. The summed E-state index contributed by atoms with van der Waals surface area (Å²) < 4.78 is 4.78. The average Bonchev–Trinajstić information content (AvgIpc) is 3.23. The number of hydrogen-bond acceptors (Lipinski definition) is 8. The van der Waals surface area contributed by atoms with Crippen LogP contribution in [0.15, 0.2) is 24.3 Å². The number of imide groups is 1. The highest BCUT2D eigenvalue weighted by Gasteiger charge is 2.45. The number of likely N-dealkylation sites (tertiary alicyclic amines) is 1. The molecule has 1 heterocycles. The first-order chi connectivity index (χ1) is 21.2. The summed E-state index contributed by atoms with van der Waals surface area (Å²) in [7, 11) is 1.64. The predicted molar refractivity (Wildman–Crippen MR) is 165 cm³/mol. The quantitative estimate of drug-likeness (QED) is 0.0695. The van der Waals surface area contributed by atoms with Crippen LogP contribution in [0.25, 0.3) is 0 Å². The van der Waals surface area contributed by atoms with Crippen LogP contribution in [0.2, 0.25) is 0 Å². The lowest BCUT2D eigenvalue weighted by molar-refractivity contribution is -0.752. The number of hydrogen-bond donors (Lipinski definition) is 5. The predicted octanol–water partition coefficient (Wildman–Crippen LogP) is 1.62. The third-order valence-electron chi connectivity index (χ3n) is 7.69. The van der Waals surface area contributed by atoms with Crippen LogP contribution < -0.4 is 27.0 Å². The molecule has 0 unspecified atom stereocenters. The van der Waals surface area contributed by atoms with E-state index in [-0.39, 0.29) is 67.0 Å². The third-order valence-corrected chi connectivity index (χ3v) is 7.69. The molecule has 14 nitrogen and oxygen atoms in total. The van der Waals surface area contributed by atoms with E-state index in [0.717, 1.165) is 5.56 Å². The molecule has 2 rings (SSSR count). The summed E-state index contributed by atoms with van der Waals surface area (Å²) in [5.41, 5.74) is 6.32. The Balaban J connectivity index is 1.95. The zero-order valence-electron chi connectivity index (χ0n) is 26.6. The lowest BCUT2D eigenvalue weighted by Gasteiger charge is -2.25. The topological polar surface area (TPSA) is 203 Å². The molecule has 0 radical (unpaired) electrons. The molecule has 45 heavy (non-hydrogen) atoms. The van der Waals surface area contributed by atoms with Crippen molar-refractivity contribution >= 4 is 47.2 Å². The summed E-state index contributed by atoms with van der Waals surface area (Å²) in [6.07, 6.45) is 3.03. The van der Waals surface area contributed by atoms with E-state index >= 15 is 0 Å². The molecular formula is C31H47N6O8+. The van der Waals surface area contributed by atoms with Gasteiger partial charge >= 0.3 is 23.8 Å². The van der Waals surface area contributed by atoms with E-state index in [4.69, 9.17) is 10.5 Å². The molecule has 0 aromatic heterocycles. The van der Waals surface area contributed by atoms with Crippen LogP contribution in [-0.4, -0.2) is 78.2 Å². The van der Waals surface area contributed by atoms with Gasteiger partial charge in [-0.1, -0.05) is 26.0 Å². The van der Waals surface area contributed by atoms with Gasteiger partial charge < -0.3 is 31.7 Å². The molecule has 0 aliphatic carbocycles. The van der Waals surface area contributed by atoms with Crippen LogP contribution in [0.3, 0.4) is 0 Å². The Morgan fingerprint density at radius 2 is 1.56 bits per heavy atom. The molecule has 14 heteroatoms. The second-order valence-electron chi connectivity index (χ2n) is 11.8. The van der Waals surface area contributed by atoms with Crippen LogP contribution in [0.4, 0.5) is 10.5 Å². The Bertz CT molecular complexity index is 1220. The summed E-state index contributed by atoms with van der Waals surface area (Å²) in [4.78, 5) is 85.5. The first-order valence-corrected chi connectivity index (χ1v) is 15.3. The summed E-state index contributed by atoms with van der Waals surface area (Å²) in [5, 5.41) is 10.7. The standard InChI is InChI=1S/C31H46N6O8/c1-20(2)28(36-25(39)10-6-5-7-18-37(4)26(40)15-16-27(37)41)30(43)35-24(9-8-17-33-31(32)44)29(42)34-23-13-11-22(12-14-23)19-45-21(3)38/h11-14,20,24,28H,5-10,15-19H2,1-4H3,(H5-,32,33,34,35,36,39,42,43,44)/p+1/t24-,28-/m0/s1. The van der Waals surface area contributed by atoms with Gasteiger partial charge in [-0.15, -0.1) is 0 Å². The van der Waals surface area contributed by atoms with Crippen LogP contribution in [-0.2, 0) is 40.1 Å². The Labute approximate surface area is 263 Å². The highest BCUT2D eigenvalue weighted by atomic mass is 16.5. The summed E-state index contributed by atoms with van der Waals surface area (Å²) in [5.74, 6) is -2.18. The number of esters is 1. The van der Waals surface area contributed by atoms with Crippen molar-refractivity contribution in [2.24, 2.45) is 11.7 Å². The minimum Gasteiger partial charge on any atom is -0.461 e. The second kappa shape index (κ2) is 17.8. The van der Waals surface area contributed by atoms with E-state index in [1.807, 2.05) is 0 Å². The Hall–Kier alpha value is -4.33. The fraction of sp³-hybridized carbons (Fsp3) is 0.581. The molecule has 248 valence electrons. The van der Waals surface area contributed by atoms with E-state index < -0.39 is 35.9 Å². The van der Waals surface area contributed by atoms with Gasteiger partial charge in [-0.2, -0.15) is 0 Å². The smallest absolute Gasteiger partial charge is 0.321 e. The van der Waals surface area contributed by atoms with Gasteiger partial charge in [0, 0.05) is 25.6 Å². The number of anilines is 1. The van der Waals surface area contributed by atoms with E-state index in [9.17, 15) is 33.6 Å². The van der Waals surface area contributed by atoms with Crippen LogP contribution in [0, 0.1) is 5.92 Å². The summed E-state index contributed by atoms with van der Waals surface area (Å²) >= 11 is 0. The van der Waals surface area contributed by atoms with Crippen LogP contribution in [0.5, 0.6) is 0 Å². The van der Waals surface area contributed by atoms with Gasteiger partial charge in [-0.3, -0.25) is 19.2 Å². The maximum Gasteiger partial charge on any atom is 0.321 e. The van der Waals surface area contributed by atoms with E-state index in [0.29, 0.717) is 37.9 Å². The minimum absolute atomic E-state index is 0.0752. The maximum atomic E-state index is 13.3. The van der Waals surface area contributed by atoms with E-state index in [1.165, 1.54) is 6.92 Å². The first kappa shape index (κ1) is 36.9. The third kappa shape index (κ3) is 12.3. The number of nitrogens with zero attached hydrogens (tertiary/aromatic N) is 1. The molecule has 6 N–H and O–H groups in total. The van der Waals surface area contributed by atoms with Gasteiger partial charge in [0.25, 0.3) is 0 Å². The fourth-order valence-corrected chi connectivity index (χ4v) is 4.91. The number of quaternary nitrogens is 1. The molecule has 1 saturated heterocycles. The molecule has 7 amide bonds. The highest BCUT2D eigenvalue weighted by Crippen LogP contribution is 2.21. The normalized spacial score (nSPS) is 15.2. The monoisotopic (exact) mass is 631 g/mol. The van der Waals surface area contributed by atoms with Crippen LogP contribution >= 0.6 is 0 Å². The van der Waals surface area contributed by atoms with Crippen molar-refractivity contribution in [3.8, 4) is 0 Å². The van der Waals surface area contributed by atoms with Gasteiger partial charge in [0.15, 0.2) is 0 Å². The van der Waals surface area contributed by atoms with Gasteiger partial charge in [-0.05, 0) is 55.7 Å². The largest absolute Gasteiger partial charge is 0.461 e. The number of ether oxygens (including phenoxy) is 1. The number of amides is 7. The zero-order valence-corrected chi connectivity index (χ0v) is 26.6. The molecule has 1 aromatic rings. The molecule has 0 spiro atoms. The zero-order chi connectivity index (χ0) is 33.6. The molecule has 1 aliphatic heterocycles. The van der Waals surface area contributed by atoms with Crippen LogP contribution in [0.1, 0.15) is 77.7 Å². The van der Waals surface area contributed by atoms with Crippen molar-refractivity contribution in [2.45, 2.75) is 90.8 Å². The van der Waals surface area contributed by atoms with Crippen molar-refractivity contribution < 1.29 is 42.8 Å². The number of carbonyl (C=O) groups excluding carboxylic acids is 7. The molecule has 1 fully saturated rings. The van der Waals surface area contributed by atoms with Crippen molar-refractivity contribution in [3.63, 3.8) is 0 Å². The number of nitrogens with two attached hydrogens (primary N) is 1. The molecule has 1 aromatic carbocycles. The van der Waals surface area contributed by atoms with E-state index in [1.54, 1.807) is 45.2 Å². The van der Waals surface area contributed by atoms with Gasteiger partial charge in [0.1, 0.15) is 18.7 Å². The van der Waals surface area contributed by atoms with Crippen molar-refractivity contribution in [3.05, 3.63) is 29.8 Å². The lowest BCUT2D eigenvalue weighted by atomic mass is 10.0. The minimum atomic E-state index is -0.980. The number of unbranched alkanes of at least 4 members (excludes halogenated alkanes) is 2. The molecule has 0 saturated carbocycles. The van der Waals surface area contributed by atoms with Crippen molar-refractivity contribution in [1.29, 1.82) is 0 Å². The van der Waals surface area contributed by atoms with Crippen molar-refractivity contribution in [1.82, 2.24) is 16.0 Å². The van der Waals surface area contributed by atoms with Gasteiger partial charge in [0.05, 0.1) is 26.4 Å². The average molecular weight is 632 g/mol. The molecule has 1 aliphatic rings. The Kier molecular flexibility index (Phi) is 14.6. The van der Waals surface area contributed by atoms with Gasteiger partial charge in [0.2, 0.25) is 17.7 Å².